The fourth-order valence-electron chi connectivity index (χ4n) is 1.70. The van der Waals surface area contributed by atoms with Crippen LogP contribution in [0.25, 0.3) is 0 Å². The van der Waals surface area contributed by atoms with Gasteiger partial charge < -0.3 is 18.9 Å². The van der Waals surface area contributed by atoms with Crippen molar-refractivity contribution in [3.8, 4) is 0 Å². The first kappa shape index (κ1) is 15.0. The summed E-state index contributed by atoms with van der Waals surface area (Å²) >= 11 is 0. The lowest BCUT2D eigenvalue weighted by molar-refractivity contribution is -0.196. The lowest BCUT2D eigenvalue weighted by atomic mass is 10.0. The lowest BCUT2D eigenvalue weighted by Crippen LogP contribution is -2.51. The van der Waals surface area contributed by atoms with Crippen molar-refractivity contribution in [2.24, 2.45) is 0 Å². The molecule has 3 atom stereocenters. The van der Waals surface area contributed by atoms with Crippen LogP contribution >= 0.6 is 0 Å². The van der Waals surface area contributed by atoms with Crippen LogP contribution in [0.2, 0.25) is 0 Å². The Morgan fingerprint density at radius 2 is 1.58 bits per heavy atom. The molecule has 1 saturated heterocycles. The van der Waals surface area contributed by atoms with E-state index in [1.54, 1.807) is 0 Å². The van der Waals surface area contributed by atoms with Gasteiger partial charge in [0.05, 0.1) is 0 Å². The zero-order valence-corrected chi connectivity index (χ0v) is 11.0. The number of ether oxygens (including phenoxy) is 4. The molecule has 7 heteroatoms. The molecular weight excluding hydrogens is 256 g/mol. The molecular formula is C12H16O7. The fraction of sp³-hybridized carbons (Fsp3) is 0.583. The first-order valence-electron chi connectivity index (χ1n) is 5.64. The number of rotatable bonds is 3. The molecule has 0 spiro atoms. The highest BCUT2D eigenvalue weighted by Gasteiger charge is 2.43. The Morgan fingerprint density at radius 1 is 1.05 bits per heavy atom. The quantitative estimate of drug-likeness (QED) is 0.540. The second kappa shape index (κ2) is 6.21. The van der Waals surface area contributed by atoms with Gasteiger partial charge in [-0.2, -0.15) is 0 Å². The van der Waals surface area contributed by atoms with E-state index in [-0.39, 0.29) is 12.4 Å². The van der Waals surface area contributed by atoms with E-state index < -0.39 is 36.2 Å². The maximum atomic E-state index is 11.1. The molecule has 0 N–H and O–H groups in total. The molecule has 0 aromatic heterocycles. The Morgan fingerprint density at radius 3 is 2.05 bits per heavy atom. The number of hydrogen-bond donors (Lipinski definition) is 0. The summed E-state index contributed by atoms with van der Waals surface area (Å²) in [5, 5.41) is 0. The molecule has 7 nitrogen and oxygen atoms in total. The third-order valence-corrected chi connectivity index (χ3v) is 2.33. The highest BCUT2D eigenvalue weighted by molar-refractivity contribution is 5.68. The SMILES string of the molecule is C=C1OC[C@H](OC(C)=O)[C@@H](OC(C)=O)[C@@H]1OC(C)=O. The van der Waals surface area contributed by atoms with Crippen molar-refractivity contribution < 1.29 is 33.3 Å². The van der Waals surface area contributed by atoms with Crippen molar-refractivity contribution in [1.29, 1.82) is 0 Å². The van der Waals surface area contributed by atoms with Gasteiger partial charge in [-0.1, -0.05) is 6.58 Å². The molecule has 1 aliphatic rings. The van der Waals surface area contributed by atoms with E-state index in [0.29, 0.717) is 0 Å². The summed E-state index contributed by atoms with van der Waals surface area (Å²) in [4.78, 5) is 33.2. The smallest absolute Gasteiger partial charge is 0.303 e. The summed E-state index contributed by atoms with van der Waals surface area (Å²) in [7, 11) is 0. The van der Waals surface area contributed by atoms with Crippen LogP contribution < -0.4 is 0 Å². The highest BCUT2D eigenvalue weighted by Crippen LogP contribution is 2.25. The molecule has 19 heavy (non-hydrogen) atoms. The summed E-state index contributed by atoms with van der Waals surface area (Å²) in [5.41, 5.74) is 0. The maximum Gasteiger partial charge on any atom is 0.303 e. The van der Waals surface area contributed by atoms with E-state index >= 15 is 0 Å². The predicted octanol–water partition coefficient (Wildman–Crippen LogP) is 0.325. The van der Waals surface area contributed by atoms with E-state index in [1.165, 1.54) is 20.8 Å². The van der Waals surface area contributed by atoms with Gasteiger partial charge in [0.1, 0.15) is 12.4 Å². The molecule has 0 unspecified atom stereocenters. The molecule has 0 aliphatic carbocycles. The molecule has 1 rings (SSSR count). The van der Waals surface area contributed by atoms with Crippen LogP contribution in [0.15, 0.2) is 12.3 Å². The van der Waals surface area contributed by atoms with E-state index in [9.17, 15) is 14.4 Å². The highest BCUT2D eigenvalue weighted by atomic mass is 16.6. The zero-order chi connectivity index (χ0) is 14.6. The number of carbonyl (C=O) groups excluding carboxylic acids is 3. The monoisotopic (exact) mass is 272 g/mol. The maximum absolute atomic E-state index is 11.1. The normalized spacial score (nSPS) is 26.1. The number of hydrogen-bond acceptors (Lipinski definition) is 7. The van der Waals surface area contributed by atoms with E-state index in [4.69, 9.17) is 18.9 Å². The largest absolute Gasteiger partial charge is 0.490 e. The minimum Gasteiger partial charge on any atom is -0.490 e. The minimum absolute atomic E-state index is 0.0197. The van der Waals surface area contributed by atoms with Crippen molar-refractivity contribution in [2.45, 2.75) is 39.1 Å². The van der Waals surface area contributed by atoms with Crippen molar-refractivity contribution in [1.82, 2.24) is 0 Å². The standard InChI is InChI=1S/C12H16O7/c1-6-11(18-8(3)14)12(19-9(4)15)10(5-16-6)17-7(2)13/h10-12H,1,5H2,2-4H3/t10-,11+,12+/m0/s1. The van der Waals surface area contributed by atoms with Crippen LogP contribution in [0.4, 0.5) is 0 Å². The fourth-order valence-corrected chi connectivity index (χ4v) is 1.70. The van der Waals surface area contributed by atoms with Gasteiger partial charge in [0.2, 0.25) is 0 Å². The predicted molar refractivity (Wildman–Crippen MR) is 61.8 cm³/mol. The van der Waals surface area contributed by atoms with Crippen molar-refractivity contribution in [2.75, 3.05) is 6.61 Å². The average molecular weight is 272 g/mol. The summed E-state index contributed by atoms with van der Waals surface area (Å²) in [6.07, 6.45) is -2.82. The van der Waals surface area contributed by atoms with Crippen LogP contribution in [0.5, 0.6) is 0 Å². The van der Waals surface area contributed by atoms with Crippen LogP contribution in [0, 0.1) is 0 Å². The van der Waals surface area contributed by atoms with Crippen molar-refractivity contribution in [3.63, 3.8) is 0 Å². The van der Waals surface area contributed by atoms with Gasteiger partial charge >= 0.3 is 17.9 Å². The summed E-state index contributed by atoms with van der Waals surface area (Å²) in [6, 6.07) is 0. The second-order valence-corrected chi connectivity index (χ2v) is 4.03. The molecule has 0 radical (unpaired) electrons. The molecule has 0 aromatic carbocycles. The minimum atomic E-state index is -1.00. The van der Waals surface area contributed by atoms with Gasteiger partial charge in [-0.15, -0.1) is 0 Å². The van der Waals surface area contributed by atoms with E-state index in [2.05, 4.69) is 6.58 Å². The molecule has 0 amide bonds. The van der Waals surface area contributed by atoms with E-state index in [1.807, 2.05) is 0 Å². The molecule has 0 aromatic rings. The van der Waals surface area contributed by atoms with Crippen molar-refractivity contribution in [3.05, 3.63) is 12.3 Å². The van der Waals surface area contributed by atoms with Gasteiger partial charge in [0.25, 0.3) is 0 Å². The third kappa shape index (κ3) is 4.27. The molecule has 0 saturated carbocycles. The van der Waals surface area contributed by atoms with Gasteiger partial charge in [-0.05, 0) is 0 Å². The second-order valence-electron chi connectivity index (χ2n) is 4.03. The number of esters is 3. The Hall–Kier alpha value is -2.05. The molecule has 1 fully saturated rings. The first-order chi connectivity index (χ1) is 8.81. The third-order valence-electron chi connectivity index (χ3n) is 2.33. The van der Waals surface area contributed by atoms with Gasteiger partial charge in [0, 0.05) is 20.8 Å². The molecule has 1 aliphatic heterocycles. The van der Waals surface area contributed by atoms with Gasteiger partial charge in [0.15, 0.2) is 18.3 Å². The average Bonchev–Trinajstić information content (AvgIpc) is 2.25. The Balaban J connectivity index is 2.93. The van der Waals surface area contributed by atoms with Gasteiger partial charge in [-0.3, -0.25) is 14.4 Å². The first-order valence-corrected chi connectivity index (χ1v) is 5.64. The summed E-state index contributed by atoms with van der Waals surface area (Å²) in [6.45, 7) is 7.19. The van der Waals surface area contributed by atoms with Crippen molar-refractivity contribution >= 4 is 17.9 Å². The van der Waals surface area contributed by atoms with Crippen LogP contribution in [0.1, 0.15) is 20.8 Å². The van der Waals surface area contributed by atoms with Crippen LogP contribution in [-0.2, 0) is 33.3 Å². The summed E-state index contributed by atoms with van der Waals surface area (Å²) < 4.78 is 20.2. The lowest BCUT2D eigenvalue weighted by Gasteiger charge is -2.36. The van der Waals surface area contributed by atoms with E-state index in [0.717, 1.165) is 0 Å². The Kier molecular flexibility index (Phi) is 4.91. The zero-order valence-electron chi connectivity index (χ0n) is 11.0. The van der Waals surface area contributed by atoms with Gasteiger partial charge in [-0.25, -0.2) is 0 Å². The molecule has 106 valence electrons. The molecule has 1 heterocycles. The Labute approximate surface area is 110 Å². The summed E-state index contributed by atoms with van der Waals surface area (Å²) in [5.74, 6) is -1.59. The van der Waals surface area contributed by atoms with Crippen LogP contribution in [-0.4, -0.2) is 42.8 Å². The molecule has 0 bridgehead atoms. The van der Waals surface area contributed by atoms with Crippen LogP contribution in [0.3, 0.4) is 0 Å². The number of carbonyl (C=O) groups is 3. The Bertz CT molecular complexity index is 401. The topological polar surface area (TPSA) is 88.1 Å².